The van der Waals surface area contributed by atoms with Gasteiger partial charge in [-0.25, -0.2) is 4.98 Å². The van der Waals surface area contributed by atoms with Crippen molar-refractivity contribution >= 4 is 23.2 Å². The lowest BCUT2D eigenvalue weighted by atomic mass is 9.77. The zero-order valence-electron chi connectivity index (χ0n) is 22.1. The van der Waals surface area contributed by atoms with Gasteiger partial charge in [0.15, 0.2) is 5.82 Å². The maximum atomic E-state index is 4.96. The van der Waals surface area contributed by atoms with Crippen LogP contribution in [-0.2, 0) is 18.5 Å². The van der Waals surface area contributed by atoms with Crippen LogP contribution >= 0.6 is 0 Å². The van der Waals surface area contributed by atoms with Crippen molar-refractivity contribution in [3.63, 3.8) is 0 Å². The summed E-state index contributed by atoms with van der Waals surface area (Å²) < 4.78 is 0. The lowest BCUT2D eigenvalue weighted by molar-refractivity contribution is 0.642. The molecule has 8 nitrogen and oxygen atoms in total. The fraction of sp³-hybridized carbons (Fsp3) is 0.156. The number of hydrogen-bond donors (Lipinski definition) is 3. The molecule has 8 heteroatoms. The van der Waals surface area contributed by atoms with Gasteiger partial charge in [-0.3, -0.25) is 20.1 Å². The Balaban J connectivity index is 1.21. The van der Waals surface area contributed by atoms with Gasteiger partial charge in [-0.15, -0.1) is 0 Å². The summed E-state index contributed by atoms with van der Waals surface area (Å²) in [6.45, 7) is 3.82. The standard InChI is InChI=1S/C32H28N8/c1-32(23-13-22(17-34-18-23)16-33-15-21-7-3-2-4-8-21)11-10-27-24(14-32)30(40-39-27)31-37-28-20-35-19-25(29(28)38-31)26-9-5-6-12-36-26/h2-10,12-14,17-20,33,39H,11,15-16H2,1H3,(H,37,38). The molecule has 0 fully saturated rings. The molecule has 0 saturated carbocycles. The summed E-state index contributed by atoms with van der Waals surface area (Å²) in [6, 6.07) is 18.5. The van der Waals surface area contributed by atoms with Gasteiger partial charge in [-0.05, 0) is 35.2 Å². The second-order valence-electron chi connectivity index (χ2n) is 10.4. The van der Waals surface area contributed by atoms with Crippen molar-refractivity contribution in [3.05, 3.63) is 113 Å². The van der Waals surface area contributed by atoms with E-state index in [1.165, 1.54) is 11.1 Å². The van der Waals surface area contributed by atoms with E-state index in [1.54, 1.807) is 18.6 Å². The molecule has 1 aliphatic rings. The van der Waals surface area contributed by atoms with Crippen molar-refractivity contribution < 1.29 is 0 Å². The molecule has 5 heterocycles. The molecule has 3 N–H and O–H groups in total. The second-order valence-corrected chi connectivity index (χ2v) is 10.4. The molecule has 0 spiro atoms. The Morgan fingerprint density at radius 1 is 0.925 bits per heavy atom. The van der Waals surface area contributed by atoms with Gasteiger partial charge in [0.25, 0.3) is 0 Å². The van der Waals surface area contributed by atoms with Crippen molar-refractivity contribution in [3.8, 4) is 22.8 Å². The topological polar surface area (TPSA) is 108 Å². The quantitative estimate of drug-likeness (QED) is 0.291. The molecule has 7 rings (SSSR count). The summed E-state index contributed by atoms with van der Waals surface area (Å²) in [4.78, 5) is 21.9. The summed E-state index contributed by atoms with van der Waals surface area (Å²) >= 11 is 0. The van der Waals surface area contributed by atoms with Gasteiger partial charge in [0, 0.05) is 54.1 Å². The van der Waals surface area contributed by atoms with Crippen LogP contribution in [0.15, 0.2) is 85.6 Å². The Bertz CT molecular complexity index is 1920. The molecule has 196 valence electrons. The van der Waals surface area contributed by atoms with Crippen LogP contribution in [0.2, 0.25) is 0 Å². The van der Waals surface area contributed by atoms with Gasteiger partial charge >= 0.3 is 0 Å². The number of nitrogens with one attached hydrogen (secondary N) is 3. The van der Waals surface area contributed by atoms with Gasteiger partial charge < -0.3 is 10.3 Å². The van der Waals surface area contributed by atoms with Crippen molar-refractivity contribution in [1.82, 2.24) is 40.4 Å². The predicted octanol–water partition coefficient (Wildman–Crippen LogP) is 4.02. The van der Waals surface area contributed by atoms with Crippen molar-refractivity contribution in [2.45, 2.75) is 31.8 Å². The summed E-state index contributed by atoms with van der Waals surface area (Å²) in [7, 11) is 0. The lowest BCUT2D eigenvalue weighted by Gasteiger charge is -2.27. The predicted molar refractivity (Wildman–Crippen MR) is 156 cm³/mol. The van der Waals surface area contributed by atoms with E-state index in [2.05, 4.69) is 84.9 Å². The third-order valence-electron chi connectivity index (χ3n) is 7.54. The number of H-pyrrole nitrogens is 2. The molecule has 1 aliphatic carbocycles. The highest BCUT2D eigenvalue weighted by Gasteiger charge is 2.27. The van der Waals surface area contributed by atoms with Crippen LogP contribution in [0.3, 0.4) is 0 Å². The largest absolute Gasteiger partial charge is 0.335 e. The zero-order chi connectivity index (χ0) is 26.9. The number of hydrogen-bond acceptors (Lipinski definition) is 6. The molecule has 0 radical (unpaired) electrons. The Hall–Kier alpha value is -4.95. The molecule has 1 aromatic carbocycles. The van der Waals surface area contributed by atoms with Crippen molar-refractivity contribution in [1.29, 1.82) is 0 Å². The number of aromatic nitrogens is 7. The molecule has 40 heavy (non-hydrogen) atoms. The molecule has 0 bridgehead atoms. The second kappa shape index (κ2) is 9.98. The maximum absolute atomic E-state index is 4.96. The van der Waals surface area contributed by atoms with E-state index < -0.39 is 0 Å². The van der Waals surface area contributed by atoms with E-state index in [-0.39, 0.29) is 5.41 Å². The van der Waals surface area contributed by atoms with Crippen LogP contribution in [0.25, 0.3) is 46.0 Å². The number of rotatable bonds is 7. The Labute approximate surface area is 231 Å². The average molecular weight is 525 g/mol. The lowest BCUT2D eigenvalue weighted by Crippen LogP contribution is -2.35. The van der Waals surface area contributed by atoms with E-state index in [1.807, 2.05) is 36.7 Å². The van der Waals surface area contributed by atoms with Crippen LogP contribution in [0.1, 0.15) is 30.0 Å². The van der Waals surface area contributed by atoms with Crippen LogP contribution in [-0.4, -0.2) is 35.1 Å². The van der Waals surface area contributed by atoms with E-state index >= 15 is 0 Å². The molecular formula is C32H28N8. The van der Waals surface area contributed by atoms with Gasteiger partial charge in [0.2, 0.25) is 0 Å². The third kappa shape index (κ3) is 4.48. The Morgan fingerprint density at radius 3 is 2.65 bits per heavy atom. The van der Waals surface area contributed by atoms with E-state index in [0.717, 1.165) is 63.6 Å². The molecule has 0 amide bonds. The fourth-order valence-corrected chi connectivity index (χ4v) is 5.34. The monoisotopic (exact) mass is 524 g/mol. The molecule has 1 atom stereocenters. The Morgan fingerprint density at radius 2 is 1.77 bits per heavy atom. The highest BCUT2D eigenvalue weighted by molar-refractivity contribution is 5.91. The number of fused-ring (bicyclic) bond motifs is 2. The highest BCUT2D eigenvalue weighted by Crippen LogP contribution is 2.32. The van der Waals surface area contributed by atoms with E-state index in [9.17, 15) is 0 Å². The smallest absolute Gasteiger partial charge is 0.159 e. The zero-order valence-corrected chi connectivity index (χ0v) is 22.1. The maximum Gasteiger partial charge on any atom is 0.159 e. The molecule has 0 aliphatic heterocycles. The first kappa shape index (κ1) is 24.1. The fourth-order valence-electron chi connectivity index (χ4n) is 5.34. The van der Waals surface area contributed by atoms with Crippen molar-refractivity contribution in [2.75, 3.05) is 0 Å². The number of imidazole rings is 1. The summed E-state index contributed by atoms with van der Waals surface area (Å²) in [5, 5.41) is 13.5. The summed E-state index contributed by atoms with van der Waals surface area (Å²) in [5.74, 6) is 0.698. The van der Waals surface area contributed by atoms with E-state index in [0.29, 0.717) is 5.82 Å². The normalized spacial score (nSPS) is 16.3. The number of pyridine rings is 3. The van der Waals surface area contributed by atoms with Crippen LogP contribution in [0, 0.1) is 0 Å². The van der Waals surface area contributed by atoms with Gasteiger partial charge in [0.1, 0.15) is 11.2 Å². The van der Waals surface area contributed by atoms with Crippen LogP contribution < -0.4 is 15.9 Å². The van der Waals surface area contributed by atoms with Crippen LogP contribution in [0.4, 0.5) is 0 Å². The minimum absolute atomic E-state index is 0.235. The number of aromatic amines is 2. The molecule has 6 aromatic rings. The first-order chi connectivity index (χ1) is 19.7. The highest BCUT2D eigenvalue weighted by atomic mass is 15.1. The number of nitrogens with zero attached hydrogens (tertiary/aromatic N) is 5. The first-order valence-corrected chi connectivity index (χ1v) is 13.4. The summed E-state index contributed by atoms with van der Waals surface area (Å²) in [6.07, 6.45) is 14.6. The molecule has 0 saturated heterocycles. The molecule has 5 aromatic heterocycles. The average Bonchev–Trinajstić information content (AvgIpc) is 3.62. The minimum Gasteiger partial charge on any atom is -0.335 e. The Kier molecular flexibility index (Phi) is 6.02. The van der Waals surface area contributed by atoms with Crippen molar-refractivity contribution in [2.24, 2.45) is 0 Å². The summed E-state index contributed by atoms with van der Waals surface area (Å²) in [5.41, 5.74) is 7.53. The SMILES string of the molecule is CC1(c2cncc(CNCc3ccccc3)c2)C=c2c(-c3nc4c(-c5ccccn5)cncc4[nH]3)n[nH]c2=CC1. The first-order valence-electron chi connectivity index (χ1n) is 13.4. The molecular weight excluding hydrogens is 496 g/mol. The number of benzene rings is 1. The van der Waals surface area contributed by atoms with E-state index in [4.69, 9.17) is 4.98 Å². The van der Waals surface area contributed by atoms with Gasteiger partial charge in [-0.1, -0.05) is 61.5 Å². The van der Waals surface area contributed by atoms with Gasteiger partial charge in [0.05, 0.1) is 22.8 Å². The van der Waals surface area contributed by atoms with Gasteiger partial charge in [-0.2, -0.15) is 5.10 Å². The van der Waals surface area contributed by atoms with Crippen LogP contribution in [0.5, 0.6) is 0 Å². The third-order valence-corrected chi connectivity index (χ3v) is 7.54. The minimum atomic E-state index is -0.235. The molecule has 1 unspecified atom stereocenters.